The molecular formula is C9H15NO4. The molecular weight excluding hydrogens is 186 g/mol. The van der Waals surface area contributed by atoms with Gasteiger partial charge in [-0.1, -0.05) is 6.92 Å². The average molecular weight is 201 g/mol. The minimum atomic E-state index is -1.40. The van der Waals surface area contributed by atoms with Gasteiger partial charge in [0.2, 0.25) is 0 Å². The summed E-state index contributed by atoms with van der Waals surface area (Å²) in [4.78, 5) is 21.9. The Morgan fingerprint density at radius 2 is 1.86 bits per heavy atom. The van der Waals surface area contributed by atoms with Gasteiger partial charge in [-0.05, 0) is 25.7 Å². The van der Waals surface area contributed by atoms with E-state index in [4.69, 9.17) is 15.9 Å². The lowest BCUT2D eigenvalue weighted by Crippen LogP contribution is -2.50. The smallest absolute Gasteiger partial charge is 0.323 e. The monoisotopic (exact) mass is 201 g/mol. The Labute approximate surface area is 81.9 Å². The van der Waals surface area contributed by atoms with Crippen molar-refractivity contribution in [3.63, 3.8) is 0 Å². The van der Waals surface area contributed by atoms with Crippen molar-refractivity contribution in [1.29, 1.82) is 0 Å². The summed E-state index contributed by atoms with van der Waals surface area (Å²) < 4.78 is 0. The van der Waals surface area contributed by atoms with Crippen molar-refractivity contribution < 1.29 is 19.8 Å². The lowest BCUT2D eigenvalue weighted by Gasteiger charge is -2.24. The highest BCUT2D eigenvalue weighted by atomic mass is 16.4. The molecule has 0 bridgehead atoms. The van der Waals surface area contributed by atoms with Gasteiger partial charge in [0.05, 0.1) is 5.41 Å². The maximum absolute atomic E-state index is 10.9. The molecule has 0 spiro atoms. The number of aliphatic carboxylic acids is 2. The van der Waals surface area contributed by atoms with Gasteiger partial charge in [-0.3, -0.25) is 9.59 Å². The molecule has 1 fully saturated rings. The quantitative estimate of drug-likeness (QED) is 0.596. The van der Waals surface area contributed by atoms with Crippen molar-refractivity contribution in [2.24, 2.45) is 17.1 Å². The molecule has 0 aromatic heterocycles. The van der Waals surface area contributed by atoms with E-state index in [0.717, 1.165) is 0 Å². The molecule has 0 unspecified atom stereocenters. The summed E-state index contributed by atoms with van der Waals surface area (Å²) >= 11 is 0. The minimum Gasteiger partial charge on any atom is -0.481 e. The first kappa shape index (κ1) is 11.0. The van der Waals surface area contributed by atoms with E-state index in [0.29, 0.717) is 6.42 Å². The summed E-state index contributed by atoms with van der Waals surface area (Å²) in [5.74, 6) is -2.41. The number of nitrogens with two attached hydrogens (primary N) is 1. The molecule has 4 N–H and O–H groups in total. The van der Waals surface area contributed by atoms with E-state index in [1.807, 2.05) is 0 Å². The first-order valence-electron chi connectivity index (χ1n) is 4.48. The highest BCUT2D eigenvalue weighted by Crippen LogP contribution is 2.46. The maximum Gasteiger partial charge on any atom is 0.323 e. The molecule has 1 rings (SSSR count). The van der Waals surface area contributed by atoms with Gasteiger partial charge in [-0.2, -0.15) is 0 Å². The third kappa shape index (κ3) is 1.37. The summed E-state index contributed by atoms with van der Waals surface area (Å²) in [6.45, 7) is 3.23. The van der Waals surface area contributed by atoms with Crippen LogP contribution in [0.4, 0.5) is 0 Å². The van der Waals surface area contributed by atoms with Crippen molar-refractivity contribution in [3.05, 3.63) is 0 Å². The van der Waals surface area contributed by atoms with Gasteiger partial charge in [0.15, 0.2) is 0 Å². The van der Waals surface area contributed by atoms with E-state index in [-0.39, 0.29) is 12.3 Å². The number of carboxylic acid groups (broad SMARTS) is 2. The zero-order chi connectivity index (χ0) is 11.1. The molecule has 14 heavy (non-hydrogen) atoms. The topological polar surface area (TPSA) is 101 Å². The maximum atomic E-state index is 10.9. The van der Waals surface area contributed by atoms with E-state index in [2.05, 4.69) is 0 Å². The Hall–Kier alpha value is -1.10. The number of rotatable bonds is 2. The van der Waals surface area contributed by atoms with Gasteiger partial charge < -0.3 is 15.9 Å². The molecule has 5 heteroatoms. The molecule has 1 saturated carbocycles. The Kier molecular flexibility index (Phi) is 2.31. The highest BCUT2D eigenvalue weighted by Gasteiger charge is 2.56. The number of hydrogen-bond acceptors (Lipinski definition) is 3. The Bertz CT molecular complexity index is 291. The summed E-state index contributed by atoms with van der Waals surface area (Å²) in [5, 5.41) is 17.9. The highest BCUT2D eigenvalue weighted by molar-refractivity contribution is 5.83. The largest absolute Gasteiger partial charge is 0.481 e. The van der Waals surface area contributed by atoms with Gasteiger partial charge in [0.1, 0.15) is 5.54 Å². The summed E-state index contributed by atoms with van der Waals surface area (Å²) in [6.07, 6.45) is 0.303. The van der Waals surface area contributed by atoms with Gasteiger partial charge in [-0.25, -0.2) is 0 Å². The molecule has 0 saturated heterocycles. The predicted octanol–water partition coefficient (Wildman–Crippen LogP) is 0.289. The van der Waals surface area contributed by atoms with Crippen LogP contribution in [0.1, 0.15) is 26.7 Å². The van der Waals surface area contributed by atoms with E-state index in [9.17, 15) is 9.59 Å². The number of hydrogen-bond donors (Lipinski definition) is 3. The van der Waals surface area contributed by atoms with Gasteiger partial charge in [0.25, 0.3) is 0 Å². The SMILES string of the molecule is C[C@@H]1C[C@](C)(C(=O)O)C[C@]1(N)C(=O)O. The third-order valence-corrected chi connectivity index (χ3v) is 3.23. The molecule has 5 nitrogen and oxygen atoms in total. The first-order valence-corrected chi connectivity index (χ1v) is 4.48. The van der Waals surface area contributed by atoms with Crippen molar-refractivity contribution >= 4 is 11.9 Å². The molecule has 3 atom stereocenters. The summed E-state index contributed by atoms with van der Waals surface area (Å²) in [7, 11) is 0. The minimum absolute atomic E-state index is 0.00810. The fraction of sp³-hybridized carbons (Fsp3) is 0.778. The third-order valence-electron chi connectivity index (χ3n) is 3.23. The molecule has 0 aromatic rings. The van der Waals surface area contributed by atoms with Crippen LogP contribution in [-0.2, 0) is 9.59 Å². The standard InChI is InChI=1S/C9H15NO4/c1-5-3-8(2,6(11)12)4-9(5,10)7(13)14/h5H,3-4,10H2,1-2H3,(H,11,12)(H,13,14)/t5-,8+,9-/m1/s1. The van der Waals surface area contributed by atoms with Gasteiger partial charge in [-0.15, -0.1) is 0 Å². The zero-order valence-electron chi connectivity index (χ0n) is 8.28. The molecule has 0 aliphatic heterocycles. The second-order valence-electron chi connectivity index (χ2n) is 4.49. The summed E-state index contributed by atoms with van der Waals surface area (Å²) in [5.41, 5.74) is 3.29. The Morgan fingerprint density at radius 1 is 1.36 bits per heavy atom. The van der Waals surface area contributed by atoms with Crippen LogP contribution in [0.5, 0.6) is 0 Å². The van der Waals surface area contributed by atoms with Crippen LogP contribution >= 0.6 is 0 Å². The van der Waals surface area contributed by atoms with Gasteiger partial charge in [0, 0.05) is 0 Å². The first-order chi connectivity index (χ1) is 6.22. The second-order valence-corrected chi connectivity index (χ2v) is 4.49. The lowest BCUT2D eigenvalue weighted by molar-refractivity contribution is -0.148. The van der Waals surface area contributed by atoms with E-state index in [1.165, 1.54) is 0 Å². The van der Waals surface area contributed by atoms with Crippen molar-refractivity contribution in [3.8, 4) is 0 Å². The number of carboxylic acids is 2. The van der Waals surface area contributed by atoms with Crippen LogP contribution in [0.15, 0.2) is 0 Å². The van der Waals surface area contributed by atoms with Gasteiger partial charge >= 0.3 is 11.9 Å². The average Bonchev–Trinajstić information content (AvgIpc) is 2.25. The van der Waals surface area contributed by atoms with Crippen LogP contribution < -0.4 is 5.73 Å². The fourth-order valence-corrected chi connectivity index (χ4v) is 2.20. The van der Waals surface area contributed by atoms with E-state index in [1.54, 1.807) is 13.8 Å². The van der Waals surface area contributed by atoms with E-state index >= 15 is 0 Å². The Balaban J connectivity index is 2.99. The van der Waals surface area contributed by atoms with Crippen LogP contribution in [0, 0.1) is 11.3 Å². The van der Waals surface area contributed by atoms with Crippen LogP contribution in [0.2, 0.25) is 0 Å². The predicted molar refractivity (Wildman–Crippen MR) is 48.7 cm³/mol. The molecule has 1 aliphatic carbocycles. The summed E-state index contributed by atoms with van der Waals surface area (Å²) in [6, 6.07) is 0. The molecule has 0 amide bonds. The molecule has 80 valence electrons. The lowest BCUT2D eigenvalue weighted by atomic mass is 9.86. The second kappa shape index (κ2) is 2.95. The molecule has 0 aromatic carbocycles. The van der Waals surface area contributed by atoms with Crippen LogP contribution in [-0.4, -0.2) is 27.7 Å². The number of carbonyl (C=O) groups is 2. The molecule has 0 heterocycles. The van der Waals surface area contributed by atoms with Crippen LogP contribution in [0.25, 0.3) is 0 Å². The molecule has 1 aliphatic rings. The fourth-order valence-electron chi connectivity index (χ4n) is 2.20. The Morgan fingerprint density at radius 3 is 2.07 bits per heavy atom. The van der Waals surface area contributed by atoms with Crippen LogP contribution in [0.3, 0.4) is 0 Å². The van der Waals surface area contributed by atoms with E-state index < -0.39 is 22.9 Å². The van der Waals surface area contributed by atoms with Crippen molar-refractivity contribution in [2.45, 2.75) is 32.2 Å². The normalized spacial score (nSPS) is 42.4. The van der Waals surface area contributed by atoms with Crippen molar-refractivity contribution in [1.82, 2.24) is 0 Å². The van der Waals surface area contributed by atoms with Crippen molar-refractivity contribution in [2.75, 3.05) is 0 Å². The zero-order valence-corrected chi connectivity index (χ0v) is 8.28. The molecule has 0 radical (unpaired) electrons.